The third-order valence-corrected chi connectivity index (χ3v) is 5.86. The van der Waals surface area contributed by atoms with Crippen molar-refractivity contribution in [1.82, 2.24) is 20.1 Å². The van der Waals surface area contributed by atoms with Gasteiger partial charge in [-0.1, -0.05) is 29.8 Å². The summed E-state index contributed by atoms with van der Waals surface area (Å²) in [5.41, 5.74) is 4.65. The first-order valence-corrected chi connectivity index (χ1v) is 9.95. The van der Waals surface area contributed by atoms with Crippen LogP contribution in [0.3, 0.4) is 0 Å². The van der Waals surface area contributed by atoms with Gasteiger partial charge in [0, 0.05) is 17.5 Å². The highest BCUT2D eigenvalue weighted by Gasteiger charge is 2.26. The summed E-state index contributed by atoms with van der Waals surface area (Å²) in [4.78, 5) is 0. The number of halogens is 2. The summed E-state index contributed by atoms with van der Waals surface area (Å²) in [5.74, 6) is 2.06. The van der Waals surface area contributed by atoms with E-state index >= 15 is 0 Å². The number of hydrogen-bond donors (Lipinski definition) is 1. The zero-order valence-corrected chi connectivity index (χ0v) is 16.1. The Hall–Kier alpha value is -2.50. The number of allylic oxidation sites excluding steroid dienone is 2. The van der Waals surface area contributed by atoms with E-state index < -0.39 is 0 Å². The Balaban J connectivity index is 1.47. The fraction of sp³-hybridized carbons (Fsp3) is 0.273. The average molecular weight is 395 g/mol. The normalized spacial score (nSPS) is 18.8. The first kappa shape index (κ1) is 17.6. The summed E-state index contributed by atoms with van der Waals surface area (Å²) in [6.45, 7) is 1.45. The summed E-state index contributed by atoms with van der Waals surface area (Å²) >= 11 is 6.20. The standard InChI is InChI=1S/C22H20ClFN4/c23-18-7-10-20-17(11-18)12-25-13-21-26-27-22(28(20)21)16-3-1-14(2-4-16)15-5-8-19(24)9-6-15/h1,5-11,16,25H,2-4,12-13H2/t16-/m1/s1. The van der Waals surface area contributed by atoms with E-state index in [0.717, 1.165) is 59.3 Å². The molecule has 4 nitrogen and oxygen atoms in total. The largest absolute Gasteiger partial charge is 0.306 e. The van der Waals surface area contributed by atoms with E-state index in [0.29, 0.717) is 12.5 Å². The van der Waals surface area contributed by atoms with Crippen LogP contribution in [0, 0.1) is 5.82 Å². The lowest BCUT2D eigenvalue weighted by Crippen LogP contribution is -2.13. The minimum absolute atomic E-state index is 0.198. The summed E-state index contributed by atoms with van der Waals surface area (Å²) in [5, 5.41) is 13.2. The first-order valence-electron chi connectivity index (χ1n) is 9.58. The quantitative estimate of drug-likeness (QED) is 0.664. The average Bonchev–Trinajstić information content (AvgIpc) is 3.04. The Morgan fingerprint density at radius 1 is 1.07 bits per heavy atom. The number of hydrogen-bond acceptors (Lipinski definition) is 3. The van der Waals surface area contributed by atoms with Gasteiger partial charge in [0.1, 0.15) is 11.6 Å². The Morgan fingerprint density at radius 3 is 2.71 bits per heavy atom. The predicted octanol–water partition coefficient (Wildman–Crippen LogP) is 5.01. The summed E-state index contributed by atoms with van der Waals surface area (Å²) in [7, 11) is 0. The second kappa shape index (κ2) is 7.15. The van der Waals surface area contributed by atoms with Crippen LogP contribution in [0.5, 0.6) is 0 Å². The molecule has 0 unspecified atom stereocenters. The molecule has 0 fully saturated rings. The monoisotopic (exact) mass is 394 g/mol. The molecule has 1 aromatic heterocycles. The second-order valence-corrected chi connectivity index (χ2v) is 7.83. The molecule has 0 spiro atoms. The molecule has 6 heteroatoms. The highest BCUT2D eigenvalue weighted by Crippen LogP contribution is 2.37. The SMILES string of the molecule is Fc1ccc(C2=CC[C@@H](c3nnc4n3-c3ccc(Cl)cc3CNC4)CC2)cc1. The van der Waals surface area contributed by atoms with E-state index in [-0.39, 0.29) is 5.82 Å². The van der Waals surface area contributed by atoms with Crippen LogP contribution in [0.25, 0.3) is 11.3 Å². The third kappa shape index (κ3) is 3.15. The smallest absolute Gasteiger partial charge is 0.151 e. The Bertz CT molecular complexity index is 1050. The van der Waals surface area contributed by atoms with Gasteiger partial charge in [0.2, 0.25) is 0 Å². The van der Waals surface area contributed by atoms with Crippen LogP contribution in [-0.2, 0) is 13.1 Å². The molecular weight excluding hydrogens is 375 g/mol. The van der Waals surface area contributed by atoms with Crippen LogP contribution in [-0.4, -0.2) is 14.8 Å². The van der Waals surface area contributed by atoms with Gasteiger partial charge in [0.05, 0.1) is 12.2 Å². The maximum atomic E-state index is 13.2. The van der Waals surface area contributed by atoms with Crippen LogP contribution < -0.4 is 5.32 Å². The molecule has 5 rings (SSSR count). The zero-order valence-electron chi connectivity index (χ0n) is 15.3. The number of fused-ring (bicyclic) bond motifs is 3. The fourth-order valence-electron chi connectivity index (χ4n) is 4.19. The maximum absolute atomic E-state index is 13.2. The fourth-order valence-corrected chi connectivity index (χ4v) is 4.38. The van der Waals surface area contributed by atoms with Gasteiger partial charge in [0.25, 0.3) is 0 Å². The van der Waals surface area contributed by atoms with Crippen molar-refractivity contribution in [2.24, 2.45) is 0 Å². The van der Waals surface area contributed by atoms with Gasteiger partial charge in [0.15, 0.2) is 5.82 Å². The highest BCUT2D eigenvalue weighted by molar-refractivity contribution is 6.30. The van der Waals surface area contributed by atoms with Crippen molar-refractivity contribution in [3.05, 3.63) is 82.2 Å². The second-order valence-electron chi connectivity index (χ2n) is 7.39. The van der Waals surface area contributed by atoms with E-state index in [1.54, 1.807) is 0 Å². The van der Waals surface area contributed by atoms with Gasteiger partial charge < -0.3 is 5.32 Å². The lowest BCUT2D eigenvalue weighted by atomic mass is 9.86. The van der Waals surface area contributed by atoms with Crippen LogP contribution >= 0.6 is 11.6 Å². The number of rotatable bonds is 2. The number of nitrogens with zero attached hydrogens (tertiary/aromatic N) is 3. The Labute approximate surface area is 168 Å². The third-order valence-electron chi connectivity index (χ3n) is 5.63. The molecule has 1 aliphatic carbocycles. The van der Waals surface area contributed by atoms with E-state index in [4.69, 9.17) is 11.6 Å². The van der Waals surface area contributed by atoms with Crippen molar-refractivity contribution in [2.45, 2.75) is 38.3 Å². The zero-order chi connectivity index (χ0) is 19.1. The summed E-state index contributed by atoms with van der Waals surface area (Å²) in [6, 6.07) is 12.8. The molecule has 2 aromatic carbocycles. The molecule has 0 saturated carbocycles. The Kier molecular flexibility index (Phi) is 4.49. The maximum Gasteiger partial charge on any atom is 0.151 e. The van der Waals surface area contributed by atoms with E-state index in [9.17, 15) is 4.39 Å². The van der Waals surface area contributed by atoms with E-state index in [1.165, 1.54) is 17.7 Å². The molecule has 0 saturated heterocycles. The molecule has 0 bridgehead atoms. The number of aromatic nitrogens is 3. The minimum atomic E-state index is -0.198. The Morgan fingerprint density at radius 2 is 1.93 bits per heavy atom. The molecule has 1 N–H and O–H groups in total. The van der Waals surface area contributed by atoms with Crippen molar-refractivity contribution >= 4 is 17.2 Å². The summed E-state index contributed by atoms with van der Waals surface area (Å²) in [6.07, 6.45) is 5.11. The van der Waals surface area contributed by atoms with Crippen LogP contribution in [0.15, 0.2) is 48.5 Å². The van der Waals surface area contributed by atoms with E-state index in [2.05, 4.69) is 32.2 Å². The van der Waals surface area contributed by atoms with Crippen molar-refractivity contribution in [3.8, 4) is 5.69 Å². The first-order chi connectivity index (χ1) is 13.7. The van der Waals surface area contributed by atoms with Crippen molar-refractivity contribution in [2.75, 3.05) is 0 Å². The molecule has 1 atom stereocenters. The molecule has 3 aromatic rings. The van der Waals surface area contributed by atoms with Gasteiger partial charge in [-0.2, -0.15) is 0 Å². The van der Waals surface area contributed by atoms with Crippen molar-refractivity contribution < 1.29 is 4.39 Å². The number of benzene rings is 2. The molecule has 142 valence electrons. The molecule has 0 amide bonds. The molecule has 0 radical (unpaired) electrons. The number of nitrogens with one attached hydrogen (secondary N) is 1. The summed E-state index contributed by atoms with van der Waals surface area (Å²) < 4.78 is 15.4. The van der Waals surface area contributed by atoms with Crippen LogP contribution in [0.1, 0.15) is 48.0 Å². The van der Waals surface area contributed by atoms with E-state index in [1.807, 2.05) is 24.3 Å². The van der Waals surface area contributed by atoms with Gasteiger partial charge in [-0.05, 0) is 66.3 Å². The van der Waals surface area contributed by atoms with Gasteiger partial charge in [-0.15, -0.1) is 10.2 Å². The van der Waals surface area contributed by atoms with Crippen molar-refractivity contribution in [3.63, 3.8) is 0 Å². The lowest BCUT2D eigenvalue weighted by molar-refractivity contribution is 0.576. The molecule has 2 heterocycles. The predicted molar refractivity (Wildman–Crippen MR) is 108 cm³/mol. The molecule has 28 heavy (non-hydrogen) atoms. The molecule has 2 aliphatic rings. The van der Waals surface area contributed by atoms with Crippen LogP contribution in [0.2, 0.25) is 5.02 Å². The van der Waals surface area contributed by atoms with Gasteiger partial charge in [-0.25, -0.2) is 4.39 Å². The molecule has 1 aliphatic heterocycles. The molecular formula is C22H20ClFN4. The lowest BCUT2D eigenvalue weighted by Gasteiger charge is -2.23. The van der Waals surface area contributed by atoms with Crippen LogP contribution in [0.4, 0.5) is 4.39 Å². The minimum Gasteiger partial charge on any atom is -0.306 e. The van der Waals surface area contributed by atoms with Crippen molar-refractivity contribution in [1.29, 1.82) is 0 Å². The topological polar surface area (TPSA) is 42.7 Å². The van der Waals surface area contributed by atoms with Gasteiger partial charge >= 0.3 is 0 Å². The highest BCUT2D eigenvalue weighted by atomic mass is 35.5. The van der Waals surface area contributed by atoms with Gasteiger partial charge in [-0.3, -0.25) is 4.57 Å².